The minimum absolute atomic E-state index is 0.000594. The molecule has 2 aromatic rings. The second-order valence-corrected chi connectivity index (χ2v) is 15.8. The van der Waals surface area contributed by atoms with Crippen molar-refractivity contribution in [2.24, 2.45) is 16.7 Å². The van der Waals surface area contributed by atoms with E-state index in [2.05, 4.69) is 5.32 Å². The third kappa shape index (κ3) is 6.37. The highest BCUT2D eigenvalue weighted by Crippen LogP contribution is 2.64. The molecule has 3 fully saturated rings. The normalized spacial score (nSPS) is 34.6. The third-order valence-corrected chi connectivity index (χ3v) is 12.5. The van der Waals surface area contributed by atoms with Crippen LogP contribution in [0.15, 0.2) is 71.8 Å². The van der Waals surface area contributed by atoms with Crippen LogP contribution in [-0.2, 0) is 42.9 Å². The molecule has 3 unspecified atom stereocenters. The molecule has 55 heavy (non-hydrogen) atoms. The van der Waals surface area contributed by atoms with Crippen LogP contribution in [0.5, 0.6) is 0 Å². The molecule has 1 amide bonds. The predicted molar refractivity (Wildman–Crippen MR) is 193 cm³/mol. The van der Waals surface area contributed by atoms with E-state index in [9.17, 15) is 39.3 Å². The standard InChI is InChI=1S/C41H49NO13/c1-21-26(53-37(49)32(51-7)30(42-22(2)43)24-14-10-8-11-15-24)19-41(50)35(54-36(48)25-16-12-9-13-17-25)33-39(6,34(47)31(46)29(21)38(41,4)5)27(45)18-28-40(33,20-52-28)55-23(3)44/h8-17,26-28,30-33,35,45-46,50H,18-20H2,1-7H3,(H,42,43)/t26-,27-,28?,30-,31+,32+,33?,35-,39?,40-,41+/m0/s1. The number of methoxy groups -OCH3 is 1. The molecule has 6 rings (SSSR count). The fourth-order valence-corrected chi connectivity index (χ4v) is 9.56. The third-order valence-electron chi connectivity index (χ3n) is 12.5. The molecule has 14 heteroatoms. The van der Waals surface area contributed by atoms with E-state index in [1.807, 2.05) is 0 Å². The number of hydrogen-bond donors (Lipinski definition) is 4. The van der Waals surface area contributed by atoms with E-state index >= 15 is 0 Å². The van der Waals surface area contributed by atoms with Gasteiger partial charge in [-0.25, -0.2) is 9.59 Å². The molecule has 11 atom stereocenters. The quantitative estimate of drug-likeness (QED) is 0.165. The molecule has 2 saturated carbocycles. The number of amides is 1. The van der Waals surface area contributed by atoms with Gasteiger partial charge in [-0.1, -0.05) is 62.4 Å². The van der Waals surface area contributed by atoms with Crippen LogP contribution in [0.3, 0.4) is 0 Å². The Balaban J connectivity index is 1.53. The highest BCUT2D eigenvalue weighted by molar-refractivity contribution is 5.94. The molecule has 14 nitrogen and oxygen atoms in total. The van der Waals surface area contributed by atoms with Crippen LogP contribution < -0.4 is 5.32 Å². The van der Waals surface area contributed by atoms with Gasteiger partial charge in [0.2, 0.25) is 5.91 Å². The lowest BCUT2D eigenvalue weighted by molar-refractivity contribution is -0.346. The van der Waals surface area contributed by atoms with Crippen molar-refractivity contribution >= 4 is 29.6 Å². The number of ether oxygens (including phenoxy) is 5. The van der Waals surface area contributed by atoms with E-state index in [0.717, 1.165) is 0 Å². The number of carbonyl (C=O) groups excluding carboxylic acids is 5. The van der Waals surface area contributed by atoms with Gasteiger partial charge in [-0.2, -0.15) is 0 Å². The molecule has 0 radical (unpaired) electrons. The van der Waals surface area contributed by atoms with Crippen molar-refractivity contribution in [2.45, 2.75) is 108 Å². The summed E-state index contributed by atoms with van der Waals surface area (Å²) >= 11 is 0. The first kappa shape index (κ1) is 40.2. The lowest BCUT2D eigenvalue weighted by Crippen LogP contribution is -2.81. The van der Waals surface area contributed by atoms with E-state index in [0.29, 0.717) is 5.56 Å². The van der Waals surface area contributed by atoms with Gasteiger partial charge >= 0.3 is 17.9 Å². The second-order valence-electron chi connectivity index (χ2n) is 15.8. The molecule has 4 aliphatic rings. The number of aliphatic hydroxyl groups excluding tert-OH is 2. The zero-order valence-corrected chi connectivity index (χ0v) is 31.9. The smallest absolute Gasteiger partial charge is 0.338 e. The summed E-state index contributed by atoms with van der Waals surface area (Å²) < 4.78 is 29.9. The number of rotatable bonds is 9. The molecule has 2 bridgehead atoms. The van der Waals surface area contributed by atoms with Crippen molar-refractivity contribution in [3.05, 3.63) is 82.9 Å². The number of fused-ring (bicyclic) bond motifs is 5. The first-order valence-corrected chi connectivity index (χ1v) is 18.3. The fraction of sp³-hybridized carbons (Fsp3) is 0.537. The molecule has 0 spiro atoms. The Morgan fingerprint density at radius 3 is 2.11 bits per heavy atom. The van der Waals surface area contributed by atoms with E-state index in [1.165, 1.54) is 40.0 Å². The summed E-state index contributed by atoms with van der Waals surface area (Å²) in [7, 11) is 1.28. The highest BCUT2D eigenvalue weighted by Gasteiger charge is 2.78. The van der Waals surface area contributed by atoms with Gasteiger partial charge in [0, 0.05) is 39.2 Å². The Morgan fingerprint density at radius 1 is 0.945 bits per heavy atom. The Morgan fingerprint density at radius 2 is 1.56 bits per heavy atom. The van der Waals surface area contributed by atoms with E-state index in [4.69, 9.17) is 23.7 Å². The molecular formula is C41H49NO13. The topological polar surface area (TPSA) is 204 Å². The van der Waals surface area contributed by atoms with E-state index in [1.54, 1.807) is 69.3 Å². The molecule has 1 heterocycles. The van der Waals surface area contributed by atoms with Crippen LogP contribution in [0, 0.1) is 16.7 Å². The predicted octanol–water partition coefficient (Wildman–Crippen LogP) is 2.53. The van der Waals surface area contributed by atoms with Crippen molar-refractivity contribution in [3.63, 3.8) is 0 Å². The minimum Gasteiger partial charge on any atom is -0.456 e. The van der Waals surface area contributed by atoms with Crippen molar-refractivity contribution in [2.75, 3.05) is 13.7 Å². The number of carbonyl (C=O) groups is 5. The molecule has 3 aliphatic carbocycles. The van der Waals surface area contributed by atoms with Crippen LogP contribution in [0.25, 0.3) is 0 Å². The first-order chi connectivity index (χ1) is 25.8. The number of benzene rings is 2. The van der Waals surface area contributed by atoms with Gasteiger partial charge in [-0.05, 0) is 42.7 Å². The van der Waals surface area contributed by atoms with Crippen molar-refractivity contribution < 1.29 is 63.0 Å². The lowest BCUT2D eigenvalue weighted by atomic mass is 9.44. The summed E-state index contributed by atoms with van der Waals surface area (Å²) in [5.41, 5.74) is -6.63. The van der Waals surface area contributed by atoms with Crippen molar-refractivity contribution in [1.29, 1.82) is 0 Å². The van der Waals surface area contributed by atoms with Crippen LogP contribution in [-0.4, -0.2) is 106 Å². The van der Waals surface area contributed by atoms with Crippen LogP contribution in [0.2, 0.25) is 0 Å². The fourth-order valence-electron chi connectivity index (χ4n) is 9.56. The molecule has 4 N–H and O–H groups in total. The summed E-state index contributed by atoms with van der Waals surface area (Å²) in [6, 6.07) is 15.6. The van der Waals surface area contributed by atoms with Gasteiger partial charge in [0.15, 0.2) is 17.5 Å². The maximum atomic E-state index is 14.9. The number of ketones is 1. The largest absolute Gasteiger partial charge is 0.456 e. The molecular weight excluding hydrogens is 714 g/mol. The zero-order chi connectivity index (χ0) is 40.2. The zero-order valence-electron chi connectivity index (χ0n) is 31.9. The monoisotopic (exact) mass is 763 g/mol. The molecule has 1 saturated heterocycles. The van der Waals surface area contributed by atoms with Gasteiger partial charge in [0.05, 0.1) is 35.6 Å². The number of Topliss-reactive ketones (excluding diaryl/α,β-unsaturated/α-hetero) is 1. The second kappa shape index (κ2) is 14.6. The summed E-state index contributed by atoms with van der Waals surface area (Å²) in [6.45, 7) is 8.35. The molecule has 1 aliphatic heterocycles. The van der Waals surface area contributed by atoms with Crippen LogP contribution in [0.4, 0.5) is 0 Å². The Kier molecular flexibility index (Phi) is 10.6. The van der Waals surface area contributed by atoms with Gasteiger partial charge in [0.25, 0.3) is 0 Å². The van der Waals surface area contributed by atoms with E-state index in [-0.39, 0.29) is 29.7 Å². The Labute approximate surface area is 319 Å². The number of aliphatic hydroxyl groups is 3. The summed E-state index contributed by atoms with van der Waals surface area (Å²) in [5, 5.41) is 40.2. The Bertz CT molecular complexity index is 1880. The average molecular weight is 764 g/mol. The van der Waals surface area contributed by atoms with Gasteiger partial charge in [0.1, 0.15) is 30.0 Å². The van der Waals surface area contributed by atoms with E-state index < -0.39 is 107 Å². The minimum atomic E-state index is -2.28. The van der Waals surface area contributed by atoms with Crippen LogP contribution in [0.1, 0.15) is 76.3 Å². The summed E-state index contributed by atoms with van der Waals surface area (Å²) in [4.78, 5) is 68.3. The average Bonchev–Trinajstić information content (AvgIpc) is 3.13. The Hall–Kier alpha value is -4.47. The van der Waals surface area contributed by atoms with Gasteiger partial charge < -0.3 is 44.3 Å². The van der Waals surface area contributed by atoms with Crippen molar-refractivity contribution in [3.8, 4) is 0 Å². The molecule has 0 aromatic heterocycles. The van der Waals surface area contributed by atoms with Gasteiger partial charge in [-0.15, -0.1) is 0 Å². The lowest BCUT2D eigenvalue weighted by Gasteiger charge is -2.67. The number of esters is 3. The summed E-state index contributed by atoms with van der Waals surface area (Å²) in [6.07, 6.45) is -9.50. The molecule has 2 aromatic carbocycles. The SMILES string of the molecule is CO[C@@H](C(=O)O[C@H]1C[C@@]2(O)[C@@H](OC(=O)c3ccccc3)C3C(C)(C(=O)[C@H](O)C(=C1C)C2(C)C)[C@@H](O)CC1OC[C@]13OC(C)=O)[C@@H](NC(C)=O)c1ccccc1. The maximum absolute atomic E-state index is 14.9. The highest BCUT2D eigenvalue weighted by atomic mass is 16.6. The van der Waals surface area contributed by atoms with Crippen LogP contribution >= 0.6 is 0 Å². The number of nitrogens with one attached hydrogen (secondary N) is 1. The maximum Gasteiger partial charge on any atom is 0.338 e. The van der Waals surface area contributed by atoms with Crippen molar-refractivity contribution in [1.82, 2.24) is 5.32 Å². The number of hydrogen-bond acceptors (Lipinski definition) is 13. The molecule has 296 valence electrons. The van der Waals surface area contributed by atoms with Gasteiger partial charge in [-0.3, -0.25) is 14.4 Å². The first-order valence-electron chi connectivity index (χ1n) is 18.3. The summed E-state index contributed by atoms with van der Waals surface area (Å²) in [5.74, 6) is -5.36.